The van der Waals surface area contributed by atoms with Crippen LogP contribution in [0.3, 0.4) is 0 Å². The predicted molar refractivity (Wildman–Crippen MR) is 95.3 cm³/mol. The molecule has 2 rings (SSSR count). The fourth-order valence-electron chi connectivity index (χ4n) is 1.89. The summed E-state index contributed by atoms with van der Waals surface area (Å²) in [7, 11) is 0. The molecule has 5 nitrogen and oxygen atoms in total. The Kier molecular flexibility index (Phi) is 6.37. The molecule has 6 heteroatoms. The van der Waals surface area contributed by atoms with Crippen molar-refractivity contribution in [2.45, 2.75) is 20.0 Å². The van der Waals surface area contributed by atoms with E-state index in [1.54, 1.807) is 36.4 Å². The number of rotatable bonds is 6. The zero-order valence-electron chi connectivity index (χ0n) is 13.4. The lowest BCUT2D eigenvalue weighted by Crippen LogP contribution is -2.20. The van der Waals surface area contributed by atoms with Gasteiger partial charge in [0.15, 0.2) is 6.61 Å². The second kappa shape index (κ2) is 8.49. The first-order valence-corrected chi connectivity index (χ1v) is 8.22. The molecule has 0 aliphatic carbocycles. The molecular formula is C18H18BrNO4. The molecule has 0 spiro atoms. The standard InChI is InChI=1S/C18H18BrNO4/c1-12(2)24-16-9-3-13(4-10-16)18(22)23-11-17(21)20-15-7-5-14(19)6-8-15/h3-10,12H,11H2,1-2H3,(H,20,21). The zero-order chi connectivity index (χ0) is 17.5. The summed E-state index contributed by atoms with van der Waals surface area (Å²) in [5, 5.41) is 2.65. The lowest BCUT2D eigenvalue weighted by molar-refractivity contribution is -0.119. The average molecular weight is 392 g/mol. The van der Waals surface area contributed by atoms with Gasteiger partial charge in [-0.05, 0) is 62.4 Å². The van der Waals surface area contributed by atoms with Gasteiger partial charge >= 0.3 is 5.97 Å². The largest absolute Gasteiger partial charge is 0.491 e. The molecule has 0 bridgehead atoms. The van der Waals surface area contributed by atoms with Crippen LogP contribution in [0.2, 0.25) is 0 Å². The van der Waals surface area contributed by atoms with E-state index in [0.717, 1.165) is 4.47 Å². The van der Waals surface area contributed by atoms with Gasteiger partial charge in [-0.1, -0.05) is 15.9 Å². The molecule has 0 saturated carbocycles. The number of hydrogen-bond donors (Lipinski definition) is 1. The van der Waals surface area contributed by atoms with Crippen LogP contribution in [-0.2, 0) is 9.53 Å². The number of esters is 1. The Morgan fingerprint density at radius 1 is 1.04 bits per heavy atom. The molecule has 0 aromatic heterocycles. The maximum atomic E-state index is 11.9. The number of anilines is 1. The van der Waals surface area contributed by atoms with E-state index < -0.39 is 11.9 Å². The molecule has 0 unspecified atom stereocenters. The fraction of sp³-hybridized carbons (Fsp3) is 0.222. The first-order valence-electron chi connectivity index (χ1n) is 7.43. The van der Waals surface area contributed by atoms with Gasteiger partial charge < -0.3 is 14.8 Å². The van der Waals surface area contributed by atoms with E-state index in [2.05, 4.69) is 21.2 Å². The third-order valence-corrected chi connectivity index (χ3v) is 3.45. The van der Waals surface area contributed by atoms with Crippen LogP contribution < -0.4 is 10.1 Å². The third kappa shape index (κ3) is 5.70. The van der Waals surface area contributed by atoms with E-state index in [0.29, 0.717) is 17.0 Å². The molecule has 1 N–H and O–H groups in total. The van der Waals surface area contributed by atoms with Crippen molar-refractivity contribution in [3.63, 3.8) is 0 Å². The van der Waals surface area contributed by atoms with Gasteiger partial charge in [0.2, 0.25) is 0 Å². The number of ether oxygens (including phenoxy) is 2. The highest BCUT2D eigenvalue weighted by Gasteiger charge is 2.11. The van der Waals surface area contributed by atoms with E-state index in [4.69, 9.17) is 9.47 Å². The van der Waals surface area contributed by atoms with Crippen LogP contribution in [0.5, 0.6) is 5.75 Å². The summed E-state index contributed by atoms with van der Waals surface area (Å²) in [6.45, 7) is 3.50. The molecule has 0 saturated heterocycles. The number of amides is 1. The summed E-state index contributed by atoms with van der Waals surface area (Å²) in [6.07, 6.45) is 0.0603. The number of benzene rings is 2. The number of carbonyl (C=O) groups is 2. The van der Waals surface area contributed by atoms with Gasteiger partial charge in [0.25, 0.3) is 5.91 Å². The van der Waals surface area contributed by atoms with Crippen LogP contribution in [0, 0.1) is 0 Å². The highest BCUT2D eigenvalue weighted by molar-refractivity contribution is 9.10. The second-order valence-corrected chi connectivity index (χ2v) is 6.24. The third-order valence-electron chi connectivity index (χ3n) is 2.92. The van der Waals surface area contributed by atoms with Crippen molar-refractivity contribution >= 4 is 33.5 Å². The van der Waals surface area contributed by atoms with Crippen LogP contribution in [0.25, 0.3) is 0 Å². The summed E-state index contributed by atoms with van der Waals surface area (Å²) in [4.78, 5) is 23.7. The normalized spacial score (nSPS) is 10.3. The Morgan fingerprint density at radius 3 is 2.25 bits per heavy atom. The monoisotopic (exact) mass is 391 g/mol. The summed E-state index contributed by atoms with van der Waals surface area (Å²) >= 11 is 3.31. The molecule has 24 heavy (non-hydrogen) atoms. The zero-order valence-corrected chi connectivity index (χ0v) is 15.0. The maximum absolute atomic E-state index is 11.9. The van der Waals surface area contributed by atoms with Crippen LogP contribution >= 0.6 is 15.9 Å². The summed E-state index contributed by atoms with van der Waals surface area (Å²) in [6, 6.07) is 13.7. The molecule has 0 heterocycles. The summed E-state index contributed by atoms with van der Waals surface area (Å²) in [5.41, 5.74) is 0.997. The van der Waals surface area contributed by atoms with Crippen molar-refractivity contribution in [2.24, 2.45) is 0 Å². The Hall–Kier alpha value is -2.34. The molecule has 0 fully saturated rings. The van der Waals surface area contributed by atoms with Crippen LogP contribution in [0.4, 0.5) is 5.69 Å². The minimum atomic E-state index is -0.558. The number of nitrogens with one attached hydrogen (secondary N) is 1. The van der Waals surface area contributed by atoms with Crippen LogP contribution in [0.15, 0.2) is 53.0 Å². The topological polar surface area (TPSA) is 64.6 Å². The SMILES string of the molecule is CC(C)Oc1ccc(C(=O)OCC(=O)Nc2ccc(Br)cc2)cc1. The van der Waals surface area contributed by atoms with Gasteiger partial charge in [0.1, 0.15) is 5.75 Å². The van der Waals surface area contributed by atoms with E-state index >= 15 is 0 Å². The number of hydrogen-bond acceptors (Lipinski definition) is 4. The highest BCUT2D eigenvalue weighted by Crippen LogP contribution is 2.15. The lowest BCUT2D eigenvalue weighted by Gasteiger charge is -2.10. The van der Waals surface area contributed by atoms with E-state index in [-0.39, 0.29) is 12.7 Å². The Labute approximate surface area is 149 Å². The number of carbonyl (C=O) groups excluding carboxylic acids is 2. The molecule has 1 amide bonds. The number of halogens is 1. The molecule has 0 aliphatic heterocycles. The van der Waals surface area contributed by atoms with Crippen molar-refractivity contribution in [1.82, 2.24) is 0 Å². The van der Waals surface area contributed by atoms with Gasteiger partial charge in [-0.2, -0.15) is 0 Å². The molecule has 0 aliphatic rings. The first kappa shape index (κ1) is 18.0. The molecular weight excluding hydrogens is 374 g/mol. The predicted octanol–water partition coefficient (Wildman–Crippen LogP) is 4.03. The molecule has 0 radical (unpaired) electrons. The molecule has 126 valence electrons. The smallest absolute Gasteiger partial charge is 0.338 e. The molecule has 0 atom stereocenters. The minimum absolute atomic E-state index is 0.0603. The minimum Gasteiger partial charge on any atom is -0.491 e. The van der Waals surface area contributed by atoms with Gasteiger partial charge in [0.05, 0.1) is 11.7 Å². The Balaban J connectivity index is 1.83. The lowest BCUT2D eigenvalue weighted by atomic mass is 10.2. The average Bonchev–Trinajstić information content (AvgIpc) is 2.55. The van der Waals surface area contributed by atoms with E-state index in [1.165, 1.54) is 0 Å². The van der Waals surface area contributed by atoms with Crippen LogP contribution in [0.1, 0.15) is 24.2 Å². The van der Waals surface area contributed by atoms with Crippen molar-refractivity contribution < 1.29 is 19.1 Å². The van der Waals surface area contributed by atoms with Crippen molar-refractivity contribution in [1.29, 1.82) is 0 Å². The highest BCUT2D eigenvalue weighted by atomic mass is 79.9. The van der Waals surface area contributed by atoms with E-state index in [1.807, 2.05) is 26.0 Å². The summed E-state index contributed by atoms with van der Waals surface area (Å²) < 4.78 is 11.4. The Morgan fingerprint density at radius 2 is 1.67 bits per heavy atom. The fourth-order valence-corrected chi connectivity index (χ4v) is 2.15. The van der Waals surface area contributed by atoms with Gasteiger partial charge in [-0.15, -0.1) is 0 Å². The van der Waals surface area contributed by atoms with Crippen molar-refractivity contribution in [3.8, 4) is 5.75 Å². The van der Waals surface area contributed by atoms with Crippen molar-refractivity contribution in [3.05, 3.63) is 58.6 Å². The van der Waals surface area contributed by atoms with Gasteiger partial charge in [-0.25, -0.2) is 4.79 Å². The second-order valence-electron chi connectivity index (χ2n) is 5.32. The van der Waals surface area contributed by atoms with E-state index in [9.17, 15) is 9.59 Å². The first-order chi connectivity index (χ1) is 11.4. The molecule has 2 aromatic carbocycles. The quantitative estimate of drug-likeness (QED) is 0.754. The summed E-state index contributed by atoms with van der Waals surface area (Å²) in [5.74, 6) is -0.281. The van der Waals surface area contributed by atoms with Gasteiger partial charge in [-0.3, -0.25) is 4.79 Å². The van der Waals surface area contributed by atoms with Gasteiger partial charge in [0, 0.05) is 10.2 Å². The Bertz CT molecular complexity index is 696. The molecule has 2 aromatic rings. The van der Waals surface area contributed by atoms with Crippen molar-refractivity contribution in [2.75, 3.05) is 11.9 Å². The maximum Gasteiger partial charge on any atom is 0.338 e. The van der Waals surface area contributed by atoms with Crippen LogP contribution in [-0.4, -0.2) is 24.6 Å².